The predicted octanol–water partition coefficient (Wildman–Crippen LogP) is 2.58. The number of aromatic nitrogens is 3. The maximum Gasteiger partial charge on any atom is 0.213 e. The maximum absolute atomic E-state index is 5.70. The molecule has 2 N–H and O–H groups in total. The summed E-state index contributed by atoms with van der Waals surface area (Å²) < 4.78 is 6.98. The fourth-order valence-corrected chi connectivity index (χ4v) is 2.10. The summed E-state index contributed by atoms with van der Waals surface area (Å²) in [6, 6.07) is 13.4. The number of hydrogen-bond donors (Lipinski definition) is 1. The smallest absolute Gasteiger partial charge is 0.213 e. The van der Waals surface area contributed by atoms with E-state index < -0.39 is 0 Å². The number of nitrogens with two attached hydrogens (primary N) is 1. The molecule has 0 atom stereocenters. The van der Waals surface area contributed by atoms with Crippen LogP contribution in [0.3, 0.4) is 0 Å². The van der Waals surface area contributed by atoms with E-state index in [9.17, 15) is 0 Å². The molecular formula is C16H16N4O. The molecule has 0 aliphatic rings. The highest BCUT2D eigenvalue weighted by Gasteiger charge is 2.04. The molecule has 0 fully saturated rings. The van der Waals surface area contributed by atoms with Crippen LogP contribution in [0.2, 0.25) is 0 Å². The molecule has 0 bridgehead atoms. The van der Waals surface area contributed by atoms with Gasteiger partial charge in [0.25, 0.3) is 0 Å². The predicted molar refractivity (Wildman–Crippen MR) is 82.0 cm³/mol. The lowest BCUT2D eigenvalue weighted by Gasteiger charge is -2.03. The molecule has 0 spiro atoms. The standard InChI is InChI=1S/C16H16N4O/c1-21-16-4-2-3-15(19-16)11-20-10-13(9-18-20)12-5-7-14(17)8-6-12/h2-10H,11,17H2,1H3. The Hall–Kier alpha value is -2.82. The molecule has 3 rings (SSSR count). The van der Waals surface area contributed by atoms with Gasteiger partial charge in [-0.2, -0.15) is 5.10 Å². The van der Waals surface area contributed by atoms with Gasteiger partial charge in [0.15, 0.2) is 0 Å². The Kier molecular flexibility index (Phi) is 3.55. The highest BCUT2D eigenvalue weighted by atomic mass is 16.5. The van der Waals surface area contributed by atoms with Crippen molar-refractivity contribution in [3.63, 3.8) is 0 Å². The van der Waals surface area contributed by atoms with E-state index in [0.29, 0.717) is 12.4 Å². The average molecular weight is 280 g/mol. The first-order chi connectivity index (χ1) is 10.2. The number of rotatable bonds is 4. The molecule has 0 aliphatic heterocycles. The summed E-state index contributed by atoms with van der Waals surface area (Å²) in [6.07, 6.45) is 3.83. The van der Waals surface area contributed by atoms with Gasteiger partial charge in [-0.3, -0.25) is 4.68 Å². The molecule has 0 amide bonds. The van der Waals surface area contributed by atoms with Crippen LogP contribution in [0, 0.1) is 0 Å². The third-order valence-electron chi connectivity index (χ3n) is 3.19. The minimum atomic E-state index is 0.603. The minimum absolute atomic E-state index is 0.603. The van der Waals surface area contributed by atoms with Crippen molar-refractivity contribution in [2.75, 3.05) is 12.8 Å². The molecule has 0 aliphatic carbocycles. The van der Waals surface area contributed by atoms with Crippen molar-refractivity contribution in [1.29, 1.82) is 0 Å². The van der Waals surface area contributed by atoms with Crippen LogP contribution in [0.25, 0.3) is 11.1 Å². The number of ether oxygens (including phenoxy) is 1. The number of anilines is 1. The number of pyridine rings is 1. The summed E-state index contributed by atoms with van der Waals surface area (Å²) in [4.78, 5) is 4.38. The first kappa shape index (κ1) is 13.2. The monoisotopic (exact) mass is 280 g/mol. The van der Waals surface area contributed by atoms with Gasteiger partial charge in [0.1, 0.15) is 0 Å². The van der Waals surface area contributed by atoms with Crippen LogP contribution in [-0.4, -0.2) is 21.9 Å². The van der Waals surface area contributed by atoms with Gasteiger partial charge in [0.2, 0.25) is 5.88 Å². The summed E-state index contributed by atoms with van der Waals surface area (Å²) in [5.41, 5.74) is 9.50. The number of nitrogen functional groups attached to an aromatic ring is 1. The molecule has 5 nitrogen and oxygen atoms in total. The van der Waals surface area contributed by atoms with Crippen LogP contribution in [-0.2, 0) is 6.54 Å². The zero-order valence-electron chi connectivity index (χ0n) is 11.7. The molecule has 21 heavy (non-hydrogen) atoms. The van der Waals surface area contributed by atoms with E-state index in [1.807, 2.05) is 59.5 Å². The van der Waals surface area contributed by atoms with E-state index in [4.69, 9.17) is 10.5 Å². The number of hydrogen-bond acceptors (Lipinski definition) is 4. The molecule has 106 valence electrons. The quantitative estimate of drug-likeness (QED) is 0.746. The molecule has 5 heteroatoms. The zero-order valence-corrected chi connectivity index (χ0v) is 11.7. The molecule has 2 heterocycles. The summed E-state index contributed by atoms with van der Waals surface area (Å²) in [7, 11) is 1.61. The van der Waals surface area contributed by atoms with Gasteiger partial charge < -0.3 is 10.5 Å². The number of benzene rings is 1. The Balaban J connectivity index is 1.80. The van der Waals surface area contributed by atoms with E-state index in [1.54, 1.807) is 7.11 Å². The van der Waals surface area contributed by atoms with Gasteiger partial charge in [-0.1, -0.05) is 18.2 Å². The van der Waals surface area contributed by atoms with Gasteiger partial charge in [-0.15, -0.1) is 0 Å². The molecule has 3 aromatic rings. The van der Waals surface area contributed by atoms with E-state index in [2.05, 4.69) is 10.1 Å². The van der Waals surface area contributed by atoms with Crippen molar-refractivity contribution in [1.82, 2.24) is 14.8 Å². The molecule has 0 radical (unpaired) electrons. The lowest BCUT2D eigenvalue weighted by Crippen LogP contribution is -2.02. The fraction of sp³-hybridized carbons (Fsp3) is 0.125. The van der Waals surface area contributed by atoms with Crippen molar-refractivity contribution < 1.29 is 4.74 Å². The van der Waals surface area contributed by atoms with Crippen molar-refractivity contribution in [3.8, 4) is 17.0 Å². The second kappa shape index (κ2) is 5.66. The first-order valence-corrected chi connectivity index (χ1v) is 6.63. The fourth-order valence-electron chi connectivity index (χ4n) is 2.10. The van der Waals surface area contributed by atoms with Crippen LogP contribution >= 0.6 is 0 Å². The van der Waals surface area contributed by atoms with Crippen molar-refractivity contribution in [2.45, 2.75) is 6.54 Å². The van der Waals surface area contributed by atoms with Crippen LogP contribution in [0.1, 0.15) is 5.69 Å². The van der Waals surface area contributed by atoms with Crippen LogP contribution < -0.4 is 10.5 Å². The van der Waals surface area contributed by atoms with Crippen molar-refractivity contribution >= 4 is 5.69 Å². The zero-order chi connectivity index (χ0) is 14.7. The summed E-state index contributed by atoms with van der Waals surface area (Å²) in [5, 5.41) is 4.37. The van der Waals surface area contributed by atoms with Gasteiger partial charge in [0.05, 0.1) is 25.5 Å². The van der Waals surface area contributed by atoms with Gasteiger partial charge in [-0.25, -0.2) is 4.98 Å². The molecule has 1 aromatic carbocycles. The van der Waals surface area contributed by atoms with Crippen molar-refractivity contribution in [2.24, 2.45) is 0 Å². The molecule has 0 saturated carbocycles. The Morgan fingerprint density at radius 1 is 1.10 bits per heavy atom. The Labute approximate surface area is 123 Å². The second-order valence-electron chi connectivity index (χ2n) is 4.72. The van der Waals surface area contributed by atoms with Gasteiger partial charge in [-0.05, 0) is 23.8 Å². The Morgan fingerprint density at radius 2 is 1.90 bits per heavy atom. The number of nitrogens with zero attached hydrogens (tertiary/aromatic N) is 3. The SMILES string of the molecule is COc1cccc(Cn2cc(-c3ccc(N)cc3)cn2)n1. The lowest BCUT2D eigenvalue weighted by molar-refractivity contribution is 0.395. The summed E-state index contributed by atoms with van der Waals surface area (Å²) in [5.74, 6) is 0.610. The normalized spacial score (nSPS) is 10.5. The van der Waals surface area contributed by atoms with E-state index >= 15 is 0 Å². The second-order valence-corrected chi connectivity index (χ2v) is 4.72. The average Bonchev–Trinajstić information content (AvgIpc) is 2.96. The maximum atomic E-state index is 5.70. The molecule has 0 saturated heterocycles. The third kappa shape index (κ3) is 3.02. The Bertz CT molecular complexity index is 734. The van der Waals surface area contributed by atoms with Crippen LogP contribution in [0.4, 0.5) is 5.69 Å². The van der Waals surface area contributed by atoms with E-state index in [-0.39, 0.29) is 0 Å². The van der Waals surface area contributed by atoms with Crippen LogP contribution in [0.15, 0.2) is 54.9 Å². The van der Waals surface area contributed by atoms with Crippen molar-refractivity contribution in [3.05, 3.63) is 60.6 Å². The first-order valence-electron chi connectivity index (χ1n) is 6.63. The summed E-state index contributed by atoms with van der Waals surface area (Å²) >= 11 is 0. The highest BCUT2D eigenvalue weighted by molar-refractivity contribution is 5.63. The largest absolute Gasteiger partial charge is 0.481 e. The minimum Gasteiger partial charge on any atom is -0.481 e. The number of methoxy groups -OCH3 is 1. The lowest BCUT2D eigenvalue weighted by atomic mass is 10.1. The topological polar surface area (TPSA) is 66.0 Å². The molecule has 0 unspecified atom stereocenters. The Morgan fingerprint density at radius 3 is 2.67 bits per heavy atom. The van der Waals surface area contributed by atoms with E-state index in [0.717, 1.165) is 22.5 Å². The van der Waals surface area contributed by atoms with E-state index in [1.165, 1.54) is 0 Å². The van der Waals surface area contributed by atoms with Gasteiger partial charge in [0, 0.05) is 23.5 Å². The van der Waals surface area contributed by atoms with Crippen LogP contribution in [0.5, 0.6) is 5.88 Å². The van der Waals surface area contributed by atoms with Gasteiger partial charge >= 0.3 is 0 Å². The highest BCUT2D eigenvalue weighted by Crippen LogP contribution is 2.20. The summed E-state index contributed by atoms with van der Waals surface area (Å²) in [6.45, 7) is 0.603. The molecular weight excluding hydrogens is 264 g/mol. The molecule has 2 aromatic heterocycles. The third-order valence-corrected chi connectivity index (χ3v) is 3.19.